The fourth-order valence-electron chi connectivity index (χ4n) is 3.52. The van der Waals surface area contributed by atoms with E-state index < -0.39 is 0 Å². The Hall–Kier alpha value is -1.07. The Kier molecular flexibility index (Phi) is 5.27. The highest BCUT2D eigenvalue weighted by Crippen LogP contribution is 2.44. The maximum absolute atomic E-state index is 4.39. The van der Waals surface area contributed by atoms with Crippen molar-refractivity contribution in [2.24, 2.45) is 16.3 Å². The molecule has 4 nitrogen and oxygen atoms in total. The van der Waals surface area contributed by atoms with Crippen LogP contribution in [-0.4, -0.2) is 44.6 Å². The molecule has 2 N–H and O–H groups in total. The zero-order valence-corrected chi connectivity index (χ0v) is 15.5. The third kappa shape index (κ3) is 4.27. The molecule has 1 aliphatic carbocycles. The molecule has 1 aromatic rings. The lowest BCUT2D eigenvalue weighted by atomic mass is 9.88. The van der Waals surface area contributed by atoms with Gasteiger partial charge in [0.05, 0.1) is 0 Å². The molecular weight excluding hydrogens is 304 g/mol. The van der Waals surface area contributed by atoms with E-state index in [2.05, 4.69) is 52.0 Å². The van der Waals surface area contributed by atoms with Crippen molar-refractivity contribution >= 4 is 17.3 Å². The molecule has 0 bridgehead atoms. The van der Waals surface area contributed by atoms with Crippen molar-refractivity contribution < 1.29 is 0 Å². The van der Waals surface area contributed by atoms with Gasteiger partial charge in [-0.2, -0.15) is 0 Å². The third-order valence-corrected chi connectivity index (χ3v) is 6.33. The minimum Gasteiger partial charge on any atom is -0.356 e. The monoisotopic (exact) mass is 334 g/mol. The Morgan fingerprint density at radius 2 is 2.26 bits per heavy atom. The molecule has 3 rings (SSSR count). The topological polar surface area (TPSA) is 39.7 Å². The van der Waals surface area contributed by atoms with Gasteiger partial charge in [0.25, 0.3) is 0 Å². The summed E-state index contributed by atoms with van der Waals surface area (Å²) < 4.78 is 0. The summed E-state index contributed by atoms with van der Waals surface area (Å²) in [5.74, 6) is 1.60. The van der Waals surface area contributed by atoms with Crippen molar-refractivity contribution in [1.29, 1.82) is 0 Å². The number of rotatable bonds is 5. The fourth-order valence-corrected chi connectivity index (χ4v) is 4.50. The van der Waals surface area contributed by atoms with Crippen LogP contribution in [0, 0.1) is 11.3 Å². The molecule has 2 fully saturated rings. The van der Waals surface area contributed by atoms with Crippen molar-refractivity contribution in [3.63, 3.8) is 0 Å². The van der Waals surface area contributed by atoms with Crippen LogP contribution in [0.25, 0.3) is 0 Å². The van der Waals surface area contributed by atoms with E-state index in [1.54, 1.807) is 0 Å². The van der Waals surface area contributed by atoms with Crippen molar-refractivity contribution in [1.82, 2.24) is 15.5 Å². The molecule has 1 saturated carbocycles. The van der Waals surface area contributed by atoms with Gasteiger partial charge >= 0.3 is 0 Å². The lowest BCUT2D eigenvalue weighted by molar-refractivity contribution is 0.125. The predicted molar refractivity (Wildman–Crippen MR) is 99.1 cm³/mol. The van der Waals surface area contributed by atoms with E-state index in [0.29, 0.717) is 17.4 Å². The summed E-state index contributed by atoms with van der Waals surface area (Å²) in [6.45, 7) is 5.56. The van der Waals surface area contributed by atoms with E-state index in [9.17, 15) is 0 Å². The zero-order valence-electron chi connectivity index (χ0n) is 14.6. The van der Waals surface area contributed by atoms with Crippen LogP contribution < -0.4 is 10.6 Å². The van der Waals surface area contributed by atoms with Crippen LogP contribution in [0.4, 0.5) is 0 Å². The van der Waals surface area contributed by atoms with Crippen LogP contribution in [0.5, 0.6) is 0 Å². The number of guanidine groups is 1. The molecule has 0 radical (unpaired) electrons. The minimum absolute atomic E-state index is 0.502. The standard InChI is InChI=1S/C18H30N4S/c1-18(8-9-18)13-21-17(19-2)20-12-14-6-4-10-22(3)16(14)15-7-5-11-23-15/h5,7,11,14,16H,4,6,8-10,12-13H2,1-3H3,(H2,19,20,21). The SMILES string of the molecule is CN=C(NCC1CCCN(C)C1c1cccs1)NCC1(C)CC1. The summed E-state index contributed by atoms with van der Waals surface area (Å²) in [5.41, 5.74) is 0.502. The Morgan fingerprint density at radius 3 is 2.91 bits per heavy atom. The first kappa shape index (κ1) is 16.8. The van der Waals surface area contributed by atoms with Gasteiger partial charge in [-0.3, -0.25) is 9.89 Å². The van der Waals surface area contributed by atoms with Gasteiger partial charge in [0.1, 0.15) is 0 Å². The van der Waals surface area contributed by atoms with Gasteiger partial charge in [0, 0.05) is 31.1 Å². The van der Waals surface area contributed by atoms with E-state index in [1.165, 1.54) is 37.1 Å². The number of thiophene rings is 1. The van der Waals surface area contributed by atoms with Gasteiger partial charge < -0.3 is 10.6 Å². The van der Waals surface area contributed by atoms with E-state index in [4.69, 9.17) is 0 Å². The summed E-state index contributed by atoms with van der Waals surface area (Å²) >= 11 is 1.88. The molecule has 0 spiro atoms. The number of nitrogens with one attached hydrogen (secondary N) is 2. The quantitative estimate of drug-likeness (QED) is 0.642. The Balaban J connectivity index is 1.56. The molecule has 2 atom stereocenters. The summed E-state index contributed by atoms with van der Waals surface area (Å²) in [4.78, 5) is 8.40. The molecule has 128 valence electrons. The second-order valence-corrected chi connectivity index (χ2v) is 8.44. The summed E-state index contributed by atoms with van der Waals surface area (Å²) in [6, 6.07) is 4.99. The van der Waals surface area contributed by atoms with Crippen LogP contribution in [0.15, 0.2) is 22.5 Å². The minimum atomic E-state index is 0.502. The van der Waals surface area contributed by atoms with Crippen LogP contribution >= 0.6 is 11.3 Å². The maximum Gasteiger partial charge on any atom is 0.191 e. The fraction of sp³-hybridized carbons (Fsp3) is 0.722. The van der Waals surface area contributed by atoms with E-state index in [-0.39, 0.29) is 0 Å². The average Bonchev–Trinajstić information content (AvgIpc) is 3.06. The molecule has 0 aromatic carbocycles. The molecular formula is C18H30N4S. The smallest absolute Gasteiger partial charge is 0.191 e. The zero-order chi connectivity index (χ0) is 16.3. The van der Waals surface area contributed by atoms with Crippen molar-refractivity contribution in [2.75, 3.05) is 33.7 Å². The van der Waals surface area contributed by atoms with Crippen LogP contribution in [0.2, 0.25) is 0 Å². The largest absolute Gasteiger partial charge is 0.356 e. The first-order valence-electron chi connectivity index (χ1n) is 8.79. The average molecular weight is 335 g/mol. The molecule has 2 unspecified atom stereocenters. The van der Waals surface area contributed by atoms with Gasteiger partial charge in [-0.15, -0.1) is 11.3 Å². The lowest BCUT2D eigenvalue weighted by Crippen LogP contribution is -2.45. The number of piperidine rings is 1. The summed E-state index contributed by atoms with van der Waals surface area (Å²) in [5, 5.41) is 9.26. The van der Waals surface area contributed by atoms with Gasteiger partial charge in [-0.05, 0) is 62.1 Å². The van der Waals surface area contributed by atoms with Crippen molar-refractivity contribution in [2.45, 2.75) is 38.6 Å². The molecule has 1 saturated heterocycles. The second kappa shape index (κ2) is 7.22. The third-order valence-electron chi connectivity index (χ3n) is 5.38. The number of hydrogen-bond acceptors (Lipinski definition) is 3. The van der Waals surface area contributed by atoms with E-state index in [1.807, 2.05) is 18.4 Å². The molecule has 2 heterocycles. The highest BCUT2D eigenvalue weighted by atomic mass is 32.1. The van der Waals surface area contributed by atoms with Crippen LogP contribution in [0.1, 0.15) is 43.5 Å². The van der Waals surface area contributed by atoms with Gasteiger partial charge in [0.15, 0.2) is 5.96 Å². The number of nitrogens with zero attached hydrogens (tertiary/aromatic N) is 2. The molecule has 2 aliphatic rings. The molecule has 1 aliphatic heterocycles. The second-order valence-electron chi connectivity index (χ2n) is 7.46. The lowest BCUT2D eigenvalue weighted by Gasteiger charge is -2.39. The normalized spacial score (nSPS) is 27.7. The van der Waals surface area contributed by atoms with Crippen molar-refractivity contribution in [3.8, 4) is 0 Å². The Morgan fingerprint density at radius 1 is 1.43 bits per heavy atom. The van der Waals surface area contributed by atoms with Gasteiger partial charge in [-0.25, -0.2) is 0 Å². The predicted octanol–water partition coefficient (Wildman–Crippen LogP) is 3.10. The molecule has 1 aromatic heterocycles. The number of hydrogen-bond donors (Lipinski definition) is 2. The van der Waals surface area contributed by atoms with E-state index in [0.717, 1.165) is 19.0 Å². The molecule has 23 heavy (non-hydrogen) atoms. The highest BCUT2D eigenvalue weighted by Gasteiger charge is 2.37. The maximum atomic E-state index is 4.39. The molecule has 0 amide bonds. The van der Waals surface area contributed by atoms with E-state index >= 15 is 0 Å². The number of likely N-dealkylation sites (tertiary alicyclic amines) is 1. The van der Waals surface area contributed by atoms with Crippen LogP contribution in [0.3, 0.4) is 0 Å². The Bertz CT molecular complexity index is 521. The van der Waals surface area contributed by atoms with Gasteiger partial charge in [0.2, 0.25) is 0 Å². The highest BCUT2D eigenvalue weighted by molar-refractivity contribution is 7.10. The summed E-state index contributed by atoms with van der Waals surface area (Å²) in [7, 11) is 4.13. The number of aliphatic imine (C=N–C) groups is 1. The van der Waals surface area contributed by atoms with Crippen molar-refractivity contribution in [3.05, 3.63) is 22.4 Å². The Labute approximate surface area is 144 Å². The van der Waals surface area contributed by atoms with Gasteiger partial charge in [-0.1, -0.05) is 13.0 Å². The van der Waals surface area contributed by atoms with Crippen LogP contribution in [-0.2, 0) is 0 Å². The molecule has 5 heteroatoms. The first-order valence-corrected chi connectivity index (χ1v) is 9.67. The first-order chi connectivity index (χ1) is 11.1. The summed E-state index contributed by atoms with van der Waals surface area (Å²) in [6.07, 6.45) is 5.25.